The monoisotopic (exact) mass is 96.0 g/mol. The summed E-state index contributed by atoms with van der Waals surface area (Å²) in [5.41, 5.74) is 0. The van der Waals surface area contributed by atoms with Crippen molar-refractivity contribution in [3.8, 4) is 0 Å². The zero-order valence-corrected chi connectivity index (χ0v) is 5.60. The fourth-order valence-corrected chi connectivity index (χ4v) is 0. The van der Waals surface area contributed by atoms with E-state index in [0.29, 0.717) is 0 Å². The summed E-state index contributed by atoms with van der Waals surface area (Å²) in [6.07, 6.45) is 0.722. The van der Waals surface area contributed by atoms with E-state index in [0.717, 1.165) is 6.08 Å². The Bertz CT molecular complexity index is 64.0. The Labute approximate surface area is 59.6 Å². The van der Waals surface area contributed by atoms with Crippen LogP contribution in [0, 0.1) is 0 Å². The Morgan fingerprint density at radius 2 is 2.17 bits per heavy atom. The van der Waals surface area contributed by atoms with E-state index in [1.165, 1.54) is 0 Å². The Hall–Kier alpha value is 0.210. The molecule has 3 heteroatoms. The van der Waals surface area contributed by atoms with E-state index in [1.807, 2.05) is 0 Å². The minimum absolute atomic E-state index is 0. The summed E-state index contributed by atoms with van der Waals surface area (Å²) >= 11 is 0. The van der Waals surface area contributed by atoms with Gasteiger partial charge in [0, 0.05) is 1.43 Å². The van der Waals surface area contributed by atoms with Crippen molar-refractivity contribution in [1.29, 1.82) is 0 Å². The fraction of sp³-hybridized carbons (Fsp3) is 0. The summed E-state index contributed by atoms with van der Waals surface area (Å²) in [7, 11) is 0. The molecule has 0 aromatic heterocycles. The molecular weight excluding hydrogens is 91.0 g/mol. The van der Waals surface area contributed by atoms with E-state index in [-0.39, 0.29) is 31.0 Å². The van der Waals surface area contributed by atoms with Gasteiger partial charge in [0.1, 0.15) is 0 Å². The van der Waals surface area contributed by atoms with Gasteiger partial charge in [-0.15, -0.1) is 0 Å². The predicted molar refractivity (Wildman–Crippen MR) is 17.3 cm³/mol. The van der Waals surface area contributed by atoms with Crippen molar-refractivity contribution in [3.63, 3.8) is 0 Å². The third-order valence-electron chi connectivity index (χ3n) is 0.167. The maximum atomic E-state index is 9.14. The molecule has 0 bridgehead atoms. The summed E-state index contributed by atoms with van der Waals surface area (Å²) in [6, 6.07) is 0. The zero-order valence-electron chi connectivity index (χ0n) is 3.60. The Kier molecular flexibility index (Phi) is 8.26. The van der Waals surface area contributed by atoms with Crippen LogP contribution >= 0.6 is 0 Å². The van der Waals surface area contributed by atoms with Crippen LogP contribution in [0.5, 0.6) is 0 Å². The van der Waals surface area contributed by atoms with Gasteiger partial charge in [-0.05, 0) is 6.08 Å². The largest absolute Gasteiger partial charge is 1.00 e. The first kappa shape index (κ1) is 9.51. The number of rotatable bonds is 1. The molecule has 0 rings (SSSR count). The van der Waals surface area contributed by atoms with Crippen molar-refractivity contribution in [2.45, 2.75) is 0 Å². The van der Waals surface area contributed by atoms with Crippen molar-refractivity contribution in [2.24, 2.45) is 0 Å². The Morgan fingerprint density at radius 1 is 2.00 bits per heavy atom. The van der Waals surface area contributed by atoms with Gasteiger partial charge in [0.15, 0.2) is 0 Å². The van der Waals surface area contributed by atoms with Crippen molar-refractivity contribution in [3.05, 3.63) is 12.7 Å². The first-order valence-corrected chi connectivity index (χ1v) is 1.11. The van der Waals surface area contributed by atoms with E-state index in [9.17, 15) is 0 Å². The van der Waals surface area contributed by atoms with Gasteiger partial charge in [-0.3, -0.25) is 0 Å². The third kappa shape index (κ3) is 8.88. The first-order valence-electron chi connectivity index (χ1n) is 1.11. The molecular formula is C3H5NaO2. The molecule has 30 valence electrons. The summed E-state index contributed by atoms with van der Waals surface area (Å²) in [5.74, 6) is -1.23. The van der Waals surface area contributed by atoms with Gasteiger partial charge >= 0.3 is 29.6 Å². The SMILES string of the molecule is C=CC(=O)[O-].[HH].[Na+]. The van der Waals surface area contributed by atoms with Gasteiger partial charge in [0.05, 0.1) is 5.97 Å². The average molecular weight is 96.1 g/mol. The molecule has 0 aromatic carbocycles. The van der Waals surface area contributed by atoms with Crippen LogP contribution in [0.4, 0.5) is 0 Å². The Balaban J connectivity index is -0.0000000800. The van der Waals surface area contributed by atoms with Crippen LogP contribution in [0.1, 0.15) is 1.43 Å². The fourth-order valence-electron chi connectivity index (χ4n) is 0. The zero-order chi connectivity index (χ0) is 4.28. The maximum absolute atomic E-state index is 9.14. The standard InChI is InChI=1S/C3H4O2.Na.H2/c1-2-3(4)5;;/h2H,1H2,(H,4,5);;1H/q;+1;/p-1. The maximum Gasteiger partial charge on any atom is 1.00 e. The van der Waals surface area contributed by atoms with E-state index >= 15 is 0 Å². The van der Waals surface area contributed by atoms with E-state index in [1.54, 1.807) is 0 Å². The van der Waals surface area contributed by atoms with Crippen molar-refractivity contribution in [2.75, 3.05) is 0 Å². The average Bonchev–Trinajstić information content (AvgIpc) is 1.38. The van der Waals surface area contributed by atoms with Gasteiger partial charge in [-0.1, -0.05) is 6.58 Å². The quantitative estimate of drug-likeness (QED) is 0.248. The smallest absolute Gasteiger partial charge is 0.545 e. The van der Waals surface area contributed by atoms with Crippen LogP contribution < -0.4 is 34.7 Å². The van der Waals surface area contributed by atoms with Gasteiger partial charge in [0.25, 0.3) is 0 Å². The number of carbonyl (C=O) groups is 1. The van der Waals surface area contributed by atoms with Crippen molar-refractivity contribution >= 4 is 5.97 Å². The second-order valence-electron chi connectivity index (χ2n) is 0.523. The van der Waals surface area contributed by atoms with Crippen molar-refractivity contribution < 1.29 is 40.9 Å². The third-order valence-corrected chi connectivity index (χ3v) is 0.167. The molecule has 2 nitrogen and oxygen atoms in total. The Morgan fingerprint density at radius 3 is 2.17 bits per heavy atom. The van der Waals surface area contributed by atoms with Crippen LogP contribution in [0.15, 0.2) is 12.7 Å². The van der Waals surface area contributed by atoms with Crippen LogP contribution in [0.2, 0.25) is 0 Å². The molecule has 0 saturated heterocycles. The number of carboxylic acid groups (broad SMARTS) is 1. The topological polar surface area (TPSA) is 40.1 Å². The molecule has 0 aliphatic heterocycles. The molecule has 0 heterocycles. The van der Waals surface area contributed by atoms with Gasteiger partial charge in [-0.2, -0.15) is 0 Å². The minimum atomic E-state index is -1.23. The molecule has 0 atom stereocenters. The molecule has 0 radical (unpaired) electrons. The van der Waals surface area contributed by atoms with Crippen LogP contribution in [-0.2, 0) is 4.79 Å². The number of aliphatic carboxylic acids is 1. The van der Waals surface area contributed by atoms with Crippen molar-refractivity contribution in [1.82, 2.24) is 0 Å². The van der Waals surface area contributed by atoms with E-state index in [2.05, 4.69) is 6.58 Å². The molecule has 0 aliphatic rings. The minimum Gasteiger partial charge on any atom is -0.545 e. The van der Waals surface area contributed by atoms with E-state index in [4.69, 9.17) is 9.90 Å². The molecule has 0 fully saturated rings. The molecule has 0 aliphatic carbocycles. The molecule has 0 amide bonds. The first-order chi connectivity index (χ1) is 2.27. The summed E-state index contributed by atoms with van der Waals surface area (Å²) < 4.78 is 0. The molecule has 0 spiro atoms. The van der Waals surface area contributed by atoms with E-state index < -0.39 is 5.97 Å². The number of hydrogen-bond donors (Lipinski definition) is 0. The second-order valence-corrected chi connectivity index (χ2v) is 0.523. The molecule has 0 unspecified atom stereocenters. The summed E-state index contributed by atoms with van der Waals surface area (Å²) in [4.78, 5) is 9.14. The molecule has 0 saturated carbocycles. The second kappa shape index (κ2) is 5.21. The van der Waals surface area contributed by atoms with Crippen LogP contribution in [0.25, 0.3) is 0 Å². The number of hydrogen-bond acceptors (Lipinski definition) is 2. The van der Waals surface area contributed by atoms with Gasteiger partial charge in [-0.25, -0.2) is 0 Å². The van der Waals surface area contributed by atoms with Gasteiger partial charge in [0.2, 0.25) is 0 Å². The summed E-state index contributed by atoms with van der Waals surface area (Å²) in [6.45, 7) is 2.90. The molecule has 0 aromatic rings. The van der Waals surface area contributed by atoms with Crippen LogP contribution in [-0.4, -0.2) is 5.97 Å². The number of carboxylic acids is 1. The molecule has 0 N–H and O–H groups in total. The van der Waals surface area contributed by atoms with Gasteiger partial charge < -0.3 is 9.90 Å². The predicted octanol–water partition coefficient (Wildman–Crippen LogP) is -3.83. The van der Waals surface area contributed by atoms with Crippen LogP contribution in [0.3, 0.4) is 0 Å². The summed E-state index contributed by atoms with van der Waals surface area (Å²) in [5, 5.41) is 9.14. The molecule has 6 heavy (non-hydrogen) atoms. The normalized spacial score (nSPS) is 5.33. The number of carbonyl (C=O) groups excluding carboxylic acids is 1.